The van der Waals surface area contributed by atoms with Crippen LogP contribution in [0, 0.1) is 15.5 Å². The monoisotopic (exact) mass is 292 g/mol. The van der Waals surface area contributed by atoms with E-state index in [-0.39, 0.29) is 11.7 Å². The summed E-state index contributed by atoms with van der Waals surface area (Å²) in [6.45, 7) is 2.70. The van der Waals surface area contributed by atoms with Crippen LogP contribution in [0.5, 0.6) is 0 Å². The maximum atomic E-state index is 12.2. The Morgan fingerprint density at radius 2 is 1.95 bits per heavy atom. The van der Waals surface area contributed by atoms with Crippen LogP contribution in [0.15, 0.2) is 24.3 Å². The van der Waals surface area contributed by atoms with E-state index in [2.05, 4.69) is 5.32 Å². The van der Waals surface area contributed by atoms with Crippen molar-refractivity contribution in [1.82, 2.24) is 0 Å². The molecular weight excluding hydrogens is 272 g/mol. The predicted octanol–water partition coefficient (Wildman–Crippen LogP) is 3.13. The number of nitro benzene ring substituents is 1. The fraction of sp³-hybridized carbons (Fsp3) is 0.533. The van der Waals surface area contributed by atoms with Gasteiger partial charge >= 0.3 is 5.97 Å². The Hall–Kier alpha value is -2.11. The minimum absolute atomic E-state index is 0.0570. The van der Waals surface area contributed by atoms with Crippen molar-refractivity contribution >= 4 is 17.3 Å². The molecule has 0 aromatic heterocycles. The average molecular weight is 292 g/mol. The SMILES string of the molecule is CCOC(=O)C1(CNc2ccc([N+](=O)[O-])cc2)CCCC1. The Kier molecular flexibility index (Phi) is 4.77. The predicted molar refractivity (Wildman–Crippen MR) is 79.1 cm³/mol. The minimum Gasteiger partial charge on any atom is -0.466 e. The van der Waals surface area contributed by atoms with Gasteiger partial charge in [-0.25, -0.2) is 0 Å². The minimum atomic E-state index is -0.461. The standard InChI is InChI=1S/C15H20N2O4/c1-2-21-14(18)15(9-3-4-10-15)11-16-12-5-7-13(8-6-12)17(19)20/h5-8,16H,2-4,9-11H2,1H3. The molecule has 0 heterocycles. The molecule has 6 nitrogen and oxygen atoms in total. The summed E-state index contributed by atoms with van der Waals surface area (Å²) in [6.07, 6.45) is 3.71. The number of rotatable bonds is 6. The molecule has 1 N–H and O–H groups in total. The Bertz CT molecular complexity index is 507. The zero-order valence-electron chi connectivity index (χ0n) is 12.1. The molecular formula is C15H20N2O4. The van der Waals surface area contributed by atoms with Crippen LogP contribution in [-0.2, 0) is 9.53 Å². The Morgan fingerprint density at radius 3 is 2.48 bits per heavy atom. The van der Waals surface area contributed by atoms with Crippen molar-refractivity contribution in [1.29, 1.82) is 0 Å². The van der Waals surface area contributed by atoms with Gasteiger partial charge in [-0.15, -0.1) is 0 Å². The summed E-state index contributed by atoms with van der Waals surface area (Å²) in [7, 11) is 0. The highest BCUT2D eigenvalue weighted by molar-refractivity contribution is 5.78. The third-order valence-corrected chi connectivity index (χ3v) is 3.98. The molecule has 21 heavy (non-hydrogen) atoms. The number of esters is 1. The number of nitrogens with zero attached hydrogens (tertiary/aromatic N) is 1. The second-order valence-corrected chi connectivity index (χ2v) is 5.37. The van der Waals surface area contributed by atoms with E-state index in [9.17, 15) is 14.9 Å². The topological polar surface area (TPSA) is 81.5 Å². The van der Waals surface area contributed by atoms with Crippen LogP contribution in [0.2, 0.25) is 0 Å². The van der Waals surface area contributed by atoms with Crippen molar-refractivity contribution in [2.75, 3.05) is 18.5 Å². The van der Waals surface area contributed by atoms with Crippen LogP contribution in [0.1, 0.15) is 32.6 Å². The summed E-state index contributed by atoms with van der Waals surface area (Å²) in [5.74, 6) is -0.142. The van der Waals surface area contributed by atoms with E-state index in [0.29, 0.717) is 13.2 Å². The molecule has 0 unspecified atom stereocenters. The molecule has 1 aromatic rings. The van der Waals surface area contributed by atoms with E-state index in [0.717, 1.165) is 31.4 Å². The van der Waals surface area contributed by atoms with Crippen molar-refractivity contribution in [2.45, 2.75) is 32.6 Å². The molecule has 1 aliphatic rings. The second-order valence-electron chi connectivity index (χ2n) is 5.37. The van der Waals surface area contributed by atoms with E-state index in [1.54, 1.807) is 12.1 Å². The van der Waals surface area contributed by atoms with Crippen LogP contribution in [0.3, 0.4) is 0 Å². The number of hydrogen-bond acceptors (Lipinski definition) is 5. The number of carbonyl (C=O) groups excluding carboxylic acids is 1. The number of nitrogens with one attached hydrogen (secondary N) is 1. The van der Waals surface area contributed by atoms with Gasteiger partial charge in [-0.05, 0) is 31.9 Å². The highest BCUT2D eigenvalue weighted by Gasteiger charge is 2.42. The molecule has 1 aliphatic carbocycles. The van der Waals surface area contributed by atoms with E-state index >= 15 is 0 Å². The van der Waals surface area contributed by atoms with Gasteiger partial charge in [-0.3, -0.25) is 14.9 Å². The molecule has 0 radical (unpaired) electrons. The summed E-state index contributed by atoms with van der Waals surface area (Å²) in [4.78, 5) is 22.4. The maximum absolute atomic E-state index is 12.2. The quantitative estimate of drug-likeness (QED) is 0.495. The Morgan fingerprint density at radius 1 is 1.33 bits per heavy atom. The first kappa shape index (κ1) is 15.3. The molecule has 0 saturated heterocycles. The summed E-state index contributed by atoms with van der Waals surface area (Å²) >= 11 is 0. The van der Waals surface area contributed by atoms with Crippen LogP contribution in [-0.4, -0.2) is 24.0 Å². The fourth-order valence-electron chi connectivity index (χ4n) is 2.76. The van der Waals surface area contributed by atoms with Gasteiger partial charge in [0.1, 0.15) is 0 Å². The normalized spacial score (nSPS) is 16.4. The lowest BCUT2D eigenvalue weighted by Crippen LogP contribution is -2.37. The number of anilines is 1. The van der Waals surface area contributed by atoms with E-state index < -0.39 is 10.3 Å². The Labute approximate surface area is 123 Å². The van der Waals surface area contributed by atoms with E-state index in [4.69, 9.17) is 4.74 Å². The van der Waals surface area contributed by atoms with Crippen LogP contribution < -0.4 is 5.32 Å². The molecule has 1 aromatic carbocycles. The van der Waals surface area contributed by atoms with Gasteiger partial charge in [0.25, 0.3) is 5.69 Å². The molecule has 1 saturated carbocycles. The third-order valence-electron chi connectivity index (χ3n) is 3.98. The van der Waals surface area contributed by atoms with Gasteiger partial charge in [-0.1, -0.05) is 12.8 Å². The van der Waals surface area contributed by atoms with Crippen LogP contribution >= 0.6 is 0 Å². The van der Waals surface area contributed by atoms with Crippen molar-refractivity contribution in [3.63, 3.8) is 0 Å². The highest BCUT2D eigenvalue weighted by atomic mass is 16.6. The molecule has 2 rings (SSSR count). The van der Waals surface area contributed by atoms with Crippen molar-refractivity contribution < 1.29 is 14.5 Å². The van der Waals surface area contributed by atoms with E-state index in [1.165, 1.54) is 12.1 Å². The van der Waals surface area contributed by atoms with Crippen LogP contribution in [0.25, 0.3) is 0 Å². The van der Waals surface area contributed by atoms with Gasteiger partial charge in [0.2, 0.25) is 0 Å². The van der Waals surface area contributed by atoms with Crippen LogP contribution in [0.4, 0.5) is 11.4 Å². The molecule has 114 valence electrons. The molecule has 0 bridgehead atoms. The average Bonchev–Trinajstić information content (AvgIpc) is 2.96. The maximum Gasteiger partial charge on any atom is 0.313 e. The van der Waals surface area contributed by atoms with Gasteiger partial charge in [0.15, 0.2) is 0 Å². The summed E-state index contributed by atoms with van der Waals surface area (Å²) in [5.41, 5.74) is 0.371. The lowest BCUT2D eigenvalue weighted by molar-refractivity contribution is -0.384. The molecule has 0 amide bonds. The summed E-state index contributed by atoms with van der Waals surface area (Å²) in [6, 6.07) is 6.22. The second kappa shape index (κ2) is 6.56. The fourth-order valence-corrected chi connectivity index (χ4v) is 2.76. The van der Waals surface area contributed by atoms with Gasteiger partial charge < -0.3 is 10.1 Å². The number of non-ortho nitro benzene ring substituents is 1. The Balaban J connectivity index is 2.02. The first-order valence-electron chi connectivity index (χ1n) is 7.23. The highest BCUT2D eigenvalue weighted by Crippen LogP contribution is 2.39. The largest absolute Gasteiger partial charge is 0.466 e. The van der Waals surface area contributed by atoms with Gasteiger partial charge in [-0.2, -0.15) is 0 Å². The van der Waals surface area contributed by atoms with Crippen molar-refractivity contribution in [3.8, 4) is 0 Å². The number of ether oxygens (including phenoxy) is 1. The van der Waals surface area contributed by atoms with Crippen molar-refractivity contribution in [3.05, 3.63) is 34.4 Å². The molecule has 0 atom stereocenters. The van der Waals surface area contributed by atoms with Gasteiger partial charge in [0, 0.05) is 24.4 Å². The zero-order valence-corrected chi connectivity index (χ0v) is 12.1. The number of benzene rings is 1. The molecule has 6 heteroatoms. The summed E-state index contributed by atoms with van der Waals surface area (Å²) < 4.78 is 5.20. The number of hydrogen-bond donors (Lipinski definition) is 1. The first-order valence-corrected chi connectivity index (χ1v) is 7.23. The molecule has 1 fully saturated rings. The lowest BCUT2D eigenvalue weighted by atomic mass is 9.86. The summed E-state index contributed by atoms with van der Waals surface area (Å²) in [5, 5.41) is 13.8. The zero-order chi connectivity index (χ0) is 15.3. The van der Waals surface area contributed by atoms with Crippen molar-refractivity contribution in [2.24, 2.45) is 5.41 Å². The number of carbonyl (C=O) groups is 1. The first-order chi connectivity index (χ1) is 10.1. The van der Waals surface area contributed by atoms with E-state index in [1.807, 2.05) is 6.92 Å². The third kappa shape index (κ3) is 3.51. The lowest BCUT2D eigenvalue weighted by Gasteiger charge is -2.27. The molecule has 0 spiro atoms. The number of nitro groups is 1. The molecule has 0 aliphatic heterocycles. The van der Waals surface area contributed by atoms with Gasteiger partial charge in [0.05, 0.1) is 16.9 Å². The smallest absolute Gasteiger partial charge is 0.313 e.